The number of carbonyl (C=O) groups is 1. The van der Waals surface area contributed by atoms with Crippen molar-refractivity contribution < 1.29 is 4.79 Å². The monoisotopic (exact) mass is 403 g/mol. The highest BCUT2D eigenvalue weighted by molar-refractivity contribution is 6.10. The summed E-state index contributed by atoms with van der Waals surface area (Å²) in [5, 5.41) is 10.7. The molecule has 0 radical (unpaired) electrons. The maximum Gasteiger partial charge on any atom is 0.257 e. The molecule has 1 heterocycles. The second-order valence-electron chi connectivity index (χ2n) is 7.37. The summed E-state index contributed by atoms with van der Waals surface area (Å²) in [6.07, 6.45) is 0. The van der Waals surface area contributed by atoms with Crippen LogP contribution in [0.1, 0.15) is 45.4 Å². The largest absolute Gasteiger partial charge is 0.326 e. The van der Waals surface area contributed by atoms with E-state index in [0.717, 1.165) is 40.3 Å². The van der Waals surface area contributed by atoms with E-state index in [9.17, 15) is 4.79 Å². The summed E-state index contributed by atoms with van der Waals surface area (Å²) in [7, 11) is 0. The van der Waals surface area contributed by atoms with E-state index in [0.29, 0.717) is 18.1 Å². The fourth-order valence-electron chi connectivity index (χ4n) is 3.26. The number of rotatable bonds is 5. The summed E-state index contributed by atoms with van der Waals surface area (Å²) < 4.78 is 1.97. The lowest BCUT2D eigenvalue weighted by atomic mass is 10.1. The molecular weight excluding hydrogens is 374 g/mol. The van der Waals surface area contributed by atoms with Gasteiger partial charge in [0, 0.05) is 29.1 Å². The SMILES string of the molecule is CCn1nc(C)c(CN=C(NC(=O)c2ccc(C)c(C)c2)Nc2ccccc2)c1C. The molecular formula is C24H29N5O. The number of para-hydroxylation sites is 1. The smallest absolute Gasteiger partial charge is 0.257 e. The van der Waals surface area contributed by atoms with Crippen molar-refractivity contribution in [3.8, 4) is 0 Å². The molecule has 0 unspecified atom stereocenters. The fraction of sp³-hybridized carbons (Fsp3) is 0.292. The number of aliphatic imine (C=N–C) groups is 1. The van der Waals surface area contributed by atoms with Crippen LogP contribution >= 0.6 is 0 Å². The van der Waals surface area contributed by atoms with Gasteiger partial charge in [0.05, 0.1) is 12.2 Å². The Morgan fingerprint density at radius 1 is 1.03 bits per heavy atom. The first-order chi connectivity index (χ1) is 14.4. The Kier molecular flexibility index (Phi) is 6.67. The van der Waals surface area contributed by atoms with Crippen molar-refractivity contribution in [2.75, 3.05) is 5.32 Å². The Hall–Kier alpha value is -3.41. The molecule has 6 nitrogen and oxygen atoms in total. The summed E-state index contributed by atoms with van der Waals surface area (Å²) in [5.41, 5.74) is 6.82. The minimum absolute atomic E-state index is 0.196. The number of amides is 1. The standard InChI is InChI=1S/C24H29N5O/c1-6-29-19(5)22(18(4)28-29)15-25-24(26-21-10-8-7-9-11-21)27-23(30)20-13-12-16(2)17(3)14-20/h7-14H,6,15H2,1-5H3,(H2,25,26,27,30). The predicted octanol–water partition coefficient (Wildman–Crippen LogP) is 4.53. The fourth-order valence-corrected chi connectivity index (χ4v) is 3.26. The highest BCUT2D eigenvalue weighted by Gasteiger charge is 2.13. The zero-order valence-corrected chi connectivity index (χ0v) is 18.3. The number of nitrogens with zero attached hydrogens (tertiary/aromatic N) is 3. The Bertz CT molecular complexity index is 1070. The molecule has 0 bridgehead atoms. The van der Waals surface area contributed by atoms with Gasteiger partial charge in [-0.05, 0) is 70.0 Å². The number of nitrogens with one attached hydrogen (secondary N) is 2. The number of hydrogen-bond donors (Lipinski definition) is 2. The van der Waals surface area contributed by atoms with Crippen LogP contribution < -0.4 is 10.6 Å². The second kappa shape index (κ2) is 9.39. The van der Waals surface area contributed by atoms with E-state index in [4.69, 9.17) is 0 Å². The summed E-state index contributed by atoms with van der Waals surface area (Å²) in [4.78, 5) is 17.5. The maximum absolute atomic E-state index is 12.9. The summed E-state index contributed by atoms with van der Waals surface area (Å²) in [5.74, 6) is 0.213. The first-order valence-corrected chi connectivity index (χ1v) is 10.2. The third-order valence-electron chi connectivity index (χ3n) is 5.26. The number of aryl methyl sites for hydroxylation is 4. The van der Waals surface area contributed by atoms with E-state index in [1.807, 2.05) is 80.9 Å². The number of benzene rings is 2. The van der Waals surface area contributed by atoms with Gasteiger partial charge in [0.1, 0.15) is 0 Å². The van der Waals surface area contributed by atoms with Crippen LogP contribution in [0.15, 0.2) is 53.5 Å². The van der Waals surface area contributed by atoms with Crippen LogP contribution in [0.25, 0.3) is 0 Å². The van der Waals surface area contributed by atoms with Gasteiger partial charge in [0.2, 0.25) is 5.96 Å². The molecule has 0 aliphatic heterocycles. The van der Waals surface area contributed by atoms with Crippen molar-refractivity contribution in [1.82, 2.24) is 15.1 Å². The molecule has 0 atom stereocenters. The predicted molar refractivity (Wildman–Crippen MR) is 122 cm³/mol. The van der Waals surface area contributed by atoms with Crippen molar-refractivity contribution in [1.29, 1.82) is 0 Å². The van der Waals surface area contributed by atoms with Crippen molar-refractivity contribution in [2.24, 2.45) is 4.99 Å². The molecule has 0 saturated carbocycles. The lowest BCUT2D eigenvalue weighted by Gasteiger charge is -2.13. The highest BCUT2D eigenvalue weighted by Crippen LogP contribution is 2.15. The quantitative estimate of drug-likeness (QED) is 0.485. The topological polar surface area (TPSA) is 71.3 Å². The van der Waals surface area contributed by atoms with E-state index in [-0.39, 0.29) is 5.91 Å². The van der Waals surface area contributed by atoms with Crippen molar-refractivity contribution in [3.63, 3.8) is 0 Å². The molecule has 0 spiro atoms. The molecule has 3 aromatic rings. The molecule has 1 aromatic heterocycles. The lowest BCUT2D eigenvalue weighted by Crippen LogP contribution is -2.36. The average molecular weight is 404 g/mol. The van der Waals surface area contributed by atoms with E-state index in [1.165, 1.54) is 0 Å². The van der Waals surface area contributed by atoms with Gasteiger partial charge in [-0.15, -0.1) is 0 Å². The first-order valence-electron chi connectivity index (χ1n) is 10.2. The van der Waals surface area contributed by atoms with E-state index < -0.39 is 0 Å². The third kappa shape index (κ3) is 4.95. The van der Waals surface area contributed by atoms with E-state index in [2.05, 4.69) is 27.6 Å². The minimum atomic E-state index is -0.196. The molecule has 0 aliphatic rings. The van der Waals surface area contributed by atoms with Gasteiger partial charge >= 0.3 is 0 Å². The van der Waals surface area contributed by atoms with Gasteiger partial charge in [0.25, 0.3) is 5.91 Å². The van der Waals surface area contributed by atoms with Crippen LogP contribution in [0.3, 0.4) is 0 Å². The van der Waals surface area contributed by atoms with Gasteiger partial charge < -0.3 is 5.32 Å². The summed E-state index contributed by atoms with van der Waals surface area (Å²) in [6, 6.07) is 15.4. The number of guanidine groups is 1. The summed E-state index contributed by atoms with van der Waals surface area (Å²) in [6.45, 7) is 11.4. The van der Waals surface area contributed by atoms with Crippen LogP contribution in [0, 0.1) is 27.7 Å². The second-order valence-corrected chi connectivity index (χ2v) is 7.37. The number of carbonyl (C=O) groups excluding carboxylic acids is 1. The molecule has 1 amide bonds. The average Bonchev–Trinajstić information content (AvgIpc) is 3.01. The molecule has 3 rings (SSSR count). The molecule has 0 fully saturated rings. The Labute approximate surface area is 178 Å². The van der Waals surface area contributed by atoms with E-state index in [1.54, 1.807) is 0 Å². The van der Waals surface area contributed by atoms with Gasteiger partial charge in [-0.3, -0.25) is 14.8 Å². The molecule has 0 saturated heterocycles. The molecule has 2 aromatic carbocycles. The molecule has 156 valence electrons. The molecule has 2 N–H and O–H groups in total. The van der Waals surface area contributed by atoms with Gasteiger partial charge in [-0.2, -0.15) is 5.10 Å². The molecule has 0 aliphatic carbocycles. The van der Waals surface area contributed by atoms with E-state index >= 15 is 0 Å². The van der Waals surface area contributed by atoms with Crippen LogP contribution in [0.4, 0.5) is 5.69 Å². The van der Waals surface area contributed by atoms with Crippen molar-refractivity contribution in [3.05, 3.63) is 82.2 Å². The molecule has 6 heteroatoms. The van der Waals surface area contributed by atoms with Crippen LogP contribution in [0.2, 0.25) is 0 Å². The van der Waals surface area contributed by atoms with Crippen molar-refractivity contribution in [2.45, 2.75) is 47.7 Å². The minimum Gasteiger partial charge on any atom is -0.326 e. The molecule has 30 heavy (non-hydrogen) atoms. The Morgan fingerprint density at radius 3 is 2.40 bits per heavy atom. The number of aromatic nitrogens is 2. The van der Waals surface area contributed by atoms with Crippen molar-refractivity contribution >= 4 is 17.6 Å². The maximum atomic E-state index is 12.9. The highest BCUT2D eigenvalue weighted by atomic mass is 16.1. The number of anilines is 1. The van der Waals surface area contributed by atoms with Gasteiger partial charge in [-0.25, -0.2) is 4.99 Å². The lowest BCUT2D eigenvalue weighted by molar-refractivity contribution is 0.0977. The van der Waals surface area contributed by atoms with Crippen LogP contribution in [-0.2, 0) is 13.1 Å². The third-order valence-corrected chi connectivity index (χ3v) is 5.26. The zero-order chi connectivity index (χ0) is 21.7. The summed E-state index contributed by atoms with van der Waals surface area (Å²) >= 11 is 0. The van der Waals surface area contributed by atoms with Crippen LogP contribution in [0.5, 0.6) is 0 Å². The normalized spacial score (nSPS) is 11.4. The first kappa shape index (κ1) is 21.3. The van der Waals surface area contributed by atoms with Crippen LogP contribution in [-0.4, -0.2) is 21.6 Å². The number of hydrogen-bond acceptors (Lipinski definition) is 3. The van der Waals surface area contributed by atoms with Gasteiger partial charge in [-0.1, -0.05) is 24.3 Å². The van der Waals surface area contributed by atoms with Gasteiger partial charge in [0.15, 0.2) is 0 Å². The Morgan fingerprint density at radius 2 is 1.77 bits per heavy atom. The zero-order valence-electron chi connectivity index (χ0n) is 18.3. The Balaban J connectivity index is 1.86.